The monoisotopic (exact) mass is 236 g/mol. The van der Waals surface area contributed by atoms with Crippen LogP contribution in [-0.2, 0) is 0 Å². The highest BCUT2D eigenvalue weighted by atomic mass is 16.5. The lowest BCUT2D eigenvalue weighted by atomic mass is 10.0. The van der Waals surface area contributed by atoms with Crippen molar-refractivity contribution in [1.29, 1.82) is 0 Å². The Hall–Kier alpha value is -1.22. The lowest BCUT2D eigenvalue weighted by Gasteiger charge is -2.14. The summed E-state index contributed by atoms with van der Waals surface area (Å²) in [6, 6.07) is 6.35. The van der Waals surface area contributed by atoms with Crippen molar-refractivity contribution in [3.63, 3.8) is 0 Å². The normalized spacial score (nSPS) is 10.6. The second kappa shape index (κ2) is 7.17. The maximum atomic E-state index is 5.36. The lowest BCUT2D eigenvalue weighted by Crippen LogP contribution is -2.13. The lowest BCUT2D eigenvalue weighted by molar-refractivity contribution is 0.416. The van der Waals surface area contributed by atoms with Crippen LogP contribution in [0.15, 0.2) is 18.2 Å². The molecule has 0 fully saturated rings. The molecule has 1 aromatic carbocycles. The zero-order valence-electron chi connectivity index (χ0n) is 11.3. The third kappa shape index (κ3) is 4.27. The van der Waals surface area contributed by atoms with Crippen molar-refractivity contribution < 1.29 is 4.74 Å². The molecule has 0 aliphatic rings. The number of ether oxygens (including phenoxy) is 1. The first-order chi connectivity index (χ1) is 8.19. The van der Waals surface area contributed by atoms with Crippen molar-refractivity contribution in [2.45, 2.75) is 26.2 Å². The van der Waals surface area contributed by atoms with Crippen molar-refractivity contribution in [3.8, 4) is 5.75 Å². The zero-order chi connectivity index (χ0) is 12.7. The highest BCUT2D eigenvalue weighted by molar-refractivity contribution is 5.58. The molecule has 0 radical (unpaired) electrons. The molecule has 0 heterocycles. The van der Waals surface area contributed by atoms with E-state index in [0.29, 0.717) is 5.92 Å². The Kier molecular flexibility index (Phi) is 5.84. The van der Waals surface area contributed by atoms with Gasteiger partial charge in [0, 0.05) is 6.54 Å². The minimum atomic E-state index is 0.541. The van der Waals surface area contributed by atoms with E-state index in [9.17, 15) is 0 Å². The number of rotatable bonds is 7. The van der Waals surface area contributed by atoms with Crippen LogP contribution in [-0.4, -0.2) is 27.2 Å². The van der Waals surface area contributed by atoms with E-state index >= 15 is 0 Å². The van der Waals surface area contributed by atoms with Crippen LogP contribution in [0, 0.1) is 0 Å². The van der Waals surface area contributed by atoms with Gasteiger partial charge in [0.15, 0.2) is 0 Å². The first-order valence-electron chi connectivity index (χ1n) is 6.25. The first-order valence-corrected chi connectivity index (χ1v) is 6.25. The fourth-order valence-corrected chi connectivity index (χ4v) is 1.71. The van der Waals surface area contributed by atoms with Gasteiger partial charge in [-0.15, -0.1) is 0 Å². The number of hydrogen-bond donors (Lipinski definition) is 2. The Morgan fingerprint density at radius 1 is 1.24 bits per heavy atom. The van der Waals surface area contributed by atoms with Crippen molar-refractivity contribution in [2.24, 2.45) is 0 Å². The van der Waals surface area contributed by atoms with Crippen LogP contribution in [0.25, 0.3) is 0 Å². The minimum Gasteiger partial charge on any atom is -0.495 e. The van der Waals surface area contributed by atoms with Crippen molar-refractivity contribution in [2.75, 3.05) is 32.6 Å². The van der Waals surface area contributed by atoms with Crippen LogP contribution in [0.5, 0.6) is 5.75 Å². The molecular weight excluding hydrogens is 212 g/mol. The summed E-state index contributed by atoms with van der Waals surface area (Å²) in [5.41, 5.74) is 2.43. The number of methoxy groups -OCH3 is 1. The standard InChI is InChI=1S/C14H24N2O/c1-11(2)12-6-7-14(17-4)13(10-12)16-9-5-8-15-3/h6-7,10-11,15-16H,5,8-9H2,1-4H3. The summed E-state index contributed by atoms with van der Waals surface area (Å²) in [7, 11) is 3.68. The van der Waals surface area contributed by atoms with E-state index in [2.05, 4.69) is 36.6 Å². The molecule has 0 atom stereocenters. The molecule has 17 heavy (non-hydrogen) atoms. The van der Waals surface area contributed by atoms with Gasteiger partial charge in [0.1, 0.15) is 5.75 Å². The average Bonchev–Trinajstić information content (AvgIpc) is 2.34. The van der Waals surface area contributed by atoms with Gasteiger partial charge in [-0.3, -0.25) is 0 Å². The van der Waals surface area contributed by atoms with Crippen LogP contribution in [0.4, 0.5) is 5.69 Å². The summed E-state index contributed by atoms with van der Waals surface area (Å²) in [5, 5.41) is 6.57. The third-order valence-corrected chi connectivity index (χ3v) is 2.81. The van der Waals surface area contributed by atoms with Crippen molar-refractivity contribution in [1.82, 2.24) is 5.32 Å². The summed E-state index contributed by atoms with van der Waals surface area (Å²) in [5.74, 6) is 1.46. The third-order valence-electron chi connectivity index (χ3n) is 2.81. The summed E-state index contributed by atoms with van der Waals surface area (Å²) >= 11 is 0. The second-order valence-corrected chi connectivity index (χ2v) is 4.50. The summed E-state index contributed by atoms with van der Waals surface area (Å²) < 4.78 is 5.36. The molecule has 0 unspecified atom stereocenters. The van der Waals surface area contributed by atoms with E-state index in [4.69, 9.17) is 4.74 Å². The molecular formula is C14H24N2O. The maximum Gasteiger partial charge on any atom is 0.141 e. The predicted octanol–water partition coefficient (Wildman–Crippen LogP) is 2.84. The first kappa shape index (κ1) is 13.8. The van der Waals surface area contributed by atoms with Gasteiger partial charge >= 0.3 is 0 Å². The molecule has 0 saturated carbocycles. The van der Waals surface area contributed by atoms with Gasteiger partial charge in [-0.2, -0.15) is 0 Å². The molecule has 0 saturated heterocycles. The van der Waals surface area contributed by atoms with Crippen LogP contribution in [0.1, 0.15) is 31.7 Å². The van der Waals surface area contributed by atoms with Crippen LogP contribution in [0.3, 0.4) is 0 Å². The molecule has 0 aromatic heterocycles. The molecule has 96 valence electrons. The smallest absolute Gasteiger partial charge is 0.141 e. The van der Waals surface area contributed by atoms with E-state index in [0.717, 1.165) is 30.9 Å². The summed E-state index contributed by atoms with van der Waals surface area (Å²) in [6.07, 6.45) is 1.10. The molecule has 0 spiro atoms. The Bertz CT molecular complexity index is 337. The molecule has 0 amide bonds. The van der Waals surface area contributed by atoms with Crippen molar-refractivity contribution in [3.05, 3.63) is 23.8 Å². The molecule has 3 heteroatoms. The fourth-order valence-electron chi connectivity index (χ4n) is 1.71. The Morgan fingerprint density at radius 3 is 2.59 bits per heavy atom. The fraction of sp³-hybridized carbons (Fsp3) is 0.571. The van der Waals surface area contributed by atoms with Crippen LogP contribution < -0.4 is 15.4 Å². The van der Waals surface area contributed by atoms with Crippen LogP contribution >= 0.6 is 0 Å². The Morgan fingerprint density at radius 2 is 2.00 bits per heavy atom. The number of nitrogens with one attached hydrogen (secondary N) is 2. The number of anilines is 1. The zero-order valence-corrected chi connectivity index (χ0v) is 11.3. The Labute approximate surface area is 105 Å². The number of hydrogen-bond acceptors (Lipinski definition) is 3. The van der Waals surface area contributed by atoms with E-state index in [1.807, 2.05) is 13.1 Å². The van der Waals surface area contributed by atoms with Crippen LogP contribution in [0.2, 0.25) is 0 Å². The number of benzene rings is 1. The van der Waals surface area contributed by atoms with Gasteiger partial charge in [0.25, 0.3) is 0 Å². The molecule has 1 rings (SSSR count). The van der Waals surface area contributed by atoms with Crippen molar-refractivity contribution >= 4 is 5.69 Å². The SMILES string of the molecule is CNCCCNc1cc(C(C)C)ccc1OC. The summed E-state index contributed by atoms with van der Waals surface area (Å²) in [6.45, 7) is 6.39. The van der Waals surface area contributed by atoms with Gasteiger partial charge in [0.2, 0.25) is 0 Å². The quantitative estimate of drug-likeness (QED) is 0.714. The molecule has 3 nitrogen and oxygen atoms in total. The summed E-state index contributed by atoms with van der Waals surface area (Å²) in [4.78, 5) is 0. The predicted molar refractivity (Wildman–Crippen MR) is 74.1 cm³/mol. The maximum absolute atomic E-state index is 5.36. The average molecular weight is 236 g/mol. The van der Waals surface area contributed by atoms with Gasteiger partial charge in [-0.05, 0) is 43.6 Å². The molecule has 0 bridgehead atoms. The highest BCUT2D eigenvalue weighted by Gasteiger charge is 2.06. The highest BCUT2D eigenvalue weighted by Crippen LogP contribution is 2.28. The molecule has 2 N–H and O–H groups in total. The topological polar surface area (TPSA) is 33.3 Å². The molecule has 0 aliphatic heterocycles. The van der Waals surface area contributed by atoms with E-state index < -0.39 is 0 Å². The van der Waals surface area contributed by atoms with E-state index in [1.165, 1.54) is 5.56 Å². The largest absolute Gasteiger partial charge is 0.495 e. The van der Waals surface area contributed by atoms with E-state index in [-0.39, 0.29) is 0 Å². The van der Waals surface area contributed by atoms with Gasteiger partial charge in [-0.25, -0.2) is 0 Å². The van der Waals surface area contributed by atoms with Gasteiger partial charge < -0.3 is 15.4 Å². The van der Waals surface area contributed by atoms with Gasteiger partial charge in [-0.1, -0.05) is 19.9 Å². The molecule has 0 aliphatic carbocycles. The van der Waals surface area contributed by atoms with Gasteiger partial charge in [0.05, 0.1) is 12.8 Å². The molecule has 1 aromatic rings. The Balaban J connectivity index is 2.69. The second-order valence-electron chi connectivity index (χ2n) is 4.50. The minimum absolute atomic E-state index is 0.541. The van der Waals surface area contributed by atoms with E-state index in [1.54, 1.807) is 7.11 Å².